The van der Waals surface area contributed by atoms with Crippen LogP contribution < -0.4 is 0 Å². The Morgan fingerprint density at radius 3 is 1.36 bits per heavy atom. The van der Waals surface area contributed by atoms with Crippen LogP contribution in [0.2, 0.25) is 0 Å². The molecule has 0 saturated carbocycles. The van der Waals surface area contributed by atoms with Crippen LogP contribution in [0, 0.1) is 0 Å². The smallest absolute Gasteiger partial charge is 0.157 e. The fourth-order valence-electron chi connectivity index (χ4n) is 2.67. The van der Waals surface area contributed by atoms with E-state index in [1.807, 2.05) is 0 Å². The summed E-state index contributed by atoms with van der Waals surface area (Å²) in [4.78, 5) is 0. The minimum atomic E-state index is -0.681. The molecule has 2 aromatic rings. The van der Waals surface area contributed by atoms with Gasteiger partial charge in [-0.3, -0.25) is 0 Å². The summed E-state index contributed by atoms with van der Waals surface area (Å²) in [6.45, 7) is 0. The van der Waals surface area contributed by atoms with E-state index in [2.05, 4.69) is 0 Å². The zero-order valence-electron chi connectivity index (χ0n) is 13.8. The van der Waals surface area contributed by atoms with Gasteiger partial charge in [-0.2, -0.15) is 0 Å². The van der Waals surface area contributed by atoms with Crippen molar-refractivity contribution in [3.63, 3.8) is 0 Å². The van der Waals surface area contributed by atoms with Crippen molar-refractivity contribution in [2.75, 3.05) is 0 Å². The third kappa shape index (κ3) is 5.85. The lowest BCUT2D eigenvalue weighted by atomic mass is 9.99. The van der Waals surface area contributed by atoms with Gasteiger partial charge < -0.3 is 30.6 Å². The van der Waals surface area contributed by atoms with Crippen LogP contribution in [0.4, 0.5) is 0 Å². The lowest BCUT2D eigenvalue weighted by molar-refractivity contribution is 0.0714. The van der Waals surface area contributed by atoms with Crippen molar-refractivity contribution in [1.82, 2.24) is 0 Å². The highest BCUT2D eigenvalue weighted by molar-refractivity contribution is 5.41. The maximum Gasteiger partial charge on any atom is 0.157 e. The molecule has 0 amide bonds. The minimum Gasteiger partial charge on any atom is -0.504 e. The molecule has 0 aliphatic rings. The molecule has 0 saturated heterocycles. The number of aliphatic hydroxyl groups is 2. The molecule has 136 valence electrons. The third-order valence-electron chi connectivity index (χ3n) is 4.16. The van der Waals surface area contributed by atoms with E-state index >= 15 is 0 Å². The molecule has 0 fully saturated rings. The summed E-state index contributed by atoms with van der Waals surface area (Å²) in [6.07, 6.45) is 0.774. The molecule has 2 rings (SSSR count). The molecule has 2 aromatic carbocycles. The summed E-state index contributed by atoms with van der Waals surface area (Å²) in [7, 11) is 0. The van der Waals surface area contributed by atoms with Crippen LogP contribution in [-0.2, 0) is 12.8 Å². The van der Waals surface area contributed by atoms with Gasteiger partial charge in [-0.05, 0) is 67.5 Å². The first-order chi connectivity index (χ1) is 11.8. The summed E-state index contributed by atoms with van der Waals surface area (Å²) < 4.78 is 0. The van der Waals surface area contributed by atoms with Crippen LogP contribution in [0.25, 0.3) is 0 Å². The molecular formula is C19H24O6. The van der Waals surface area contributed by atoms with E-state index in [-0.39, 0.29) is 29.4 Å². The van der Waals surface area contributed by atoms with Crippen molar-refractivity contribution >= 4 is 0 Å². The van der Waals surface area contributed by atoms with Gasteiger partial charge in [0, 0.05) is 0 Å². The number of benzene rings is 2. The Balaban J connectivity index is 1.74. The zero-order chi connectivity index (χ0) is 18.4. The van der Waals surface area contributed by atoms with E-state index in [4.69, 9.17) is 0 Å². The first kappa shape index (κ1) is 18.9. The quantitative estimate of drug-likeness (QED) is 0.407. The predicted molar refractivity (Wildman–Crippen MR) is 92.8 cm³/mol. The number of aryl methyl sites for hydroxylation is 2. The lowest BCUT2D eigenvalue weighted by Crippen LogP contribution is -2.19. The van der Waals surface area contributed by atoms with Gasteiger partial charge in [-0.25, -0.2) is 0 Å². The Hall–Kier alpha value is -2.44. The molecule has 0 aromatic heterocycles. The monoisotopic (exact) mass is 348 g/mol. The van der Waals surface area contributed by atoms with Crippen LogP contribution >= 0.6 is 0 Å². The van der Waals surface area contributed by atoms with E-state index in [0.717, 1.165) is 11.1 Å². The van der Waals surface area contributed by atoms with Crippen LogP contribution in [-0.4, -0.2) is 42.8 Å². The molecule has 2 atom stereocenters. The fourth-order valence-corrected chi connectivity index (χ4v) is 2.67. The standard InChI is InChI=1S/C19H24O6/c20-14(5-1-12-3-7-16(22)18(24)9-12)11-15(21)6-2-13-4-8-17(23)19(25)10-13/h3-4,7-10,14-15,20-25H,1-2,5-6,11H2/t14-,15+. The average Bonchev–Trinajstić information content (AvgIpc) is 2.57. The minimum absolute atomic E-state index is 0.181. The van der Waals surface area contributed by atoms with Gasteiger partial charge in [0.05, 0.1) is 12.2 Å². The van der Waals surface area contributed by atoms with E-state index in [1.165, 1.54) is 24.3 Å². The maximum absolute atomic E-state index is 10.0. The number of phenols is 4. The molecule has 6 N–H and O–H groups in total. The van der Waals surface area contributed by atoms with E-state index in [0.29, 0.717) is 25.7 Å². The Morgan fingerprint density at radius 1 is 0.600 bits per heavy atom. The summed E-state index contributed by atoms with van der Waals surface area (Å²) in [5, 5.41) is 57.5. The molecule has 0 aliphatic heterocycles. The molecule has 0 heterocycles. The van der Waals surface area contributed by atoms with E-state index in [9.17, 15) is 30.6 Å². The van der Waals surface area contributed by atoms with Crippen molar-refractivity contribution in [1.29, 1.82) is 0 Å². The molecule has 6 heteroatoms. The van der Waals surface area contributed by atoms with Gasteiger partial charge in [0.25, 0.3) is 0 Å². The topological polar surface area (TPSA) is 121 Å². The van der Waals surface area contributed by atoms with Gasteiger partial charge in [0.15, 0.2) is 23.0 Å². The molecular weight excluding hydrogens is 324 g/mol. The Labute approximate surface area is 146 Å². The fraction of sp³-hybridized carbons (Fsp3) is 0.368. The number of aliphatic hydroxyl groups excluding tert-OH is 2. The maximum atomic E-state index is 10.0. The van der Waals surface area contributed by atoms with Gasteiger partial charge in [0.1, 0.15) is 0 Å². The number of aromatic hydroxyl groups is 4. The highest BCUT2D eigenvalue weighted by Gasteiger charge is 2.13. The van der Waals surface area contributed by atoms with Crippen molar-refractivity contribution in [2.45, 2.75) is 44.3 Å². The average molecular weight is 348 g/mol. The summed E-state index contributed by atoms with van der Waals surface area (Å²) in [5.74, 6) is -0.742. The van der Waals surface area contributed by atoms with Gasteiger partial charge in [-0.15, -0.1) is 0 Å². The summed E-state index contributed by atoms with van der Waals surface area (Å²) in [5.41, 5.74) is 1.59. The van der Waals surface area contributed by atoms with Crippen molar-refractivity contribution in [2.24, 2.45) is 0 Å². The SMILES string of the molecule is Oc1ccc(CC[C@@H](O)C[C@@H](O)CCc2ccc(O)c(O)c2)cc1O. The molecule has 0 spiro atoms. The number of hydrogen-bond acceptors (Lipinski definition) is 6. The zero-order valence-corrected chi connectivity index (χ0v) is 13.8. The lowest BCUT2D eigenvalue weighted by Gasteiger charge is -2.16. The van der Waals surface area contributed by atoms with Crippen LogP contribution in [0.1, 0.15) is 30.4 Å². The second-order valence-corrected chi connectivity index (χ2v) is 6.27. The molecule has 6 nitrogen and oxygen atoms in total. The molecule has 0 aliphatic carbocycles. The third-order valence-corrected chi connectivity index (χ3v) is 4.16. The predicted octanol–water partition coefficient (Wildman–Crippen LogP) is 2.19. The Kier molecular flexibility index (Phi) is 6.50. The van der Waals surface area contributed by atoms with Gasteiger partial charge in [-0.1, -0.05) is 12.1 Å². The van der Waals surface area contributed by atoms with E-state index in [1.54, 1.807) is 12.1 Å². The molecule has 0 bridgehead atoms. The highest BCUT2D eigenvalue weighted by atomic mass is 16.3. The normalized spacial score (nSPS) is 13.5. The van der Waals surface area contributed by atoms with E-state index < -0.39 is 12.2 Å². The van der Waals surface area contributed by atoms with Crippen LogP contribution in [0.15, 0.2) is 36.4 Å². The van der Waals surface area contributed by atoms with Crippen molar-refractivity contribution < 1.29 is 30.6 Å². The first-order valence-corrected chi connectivity index (χ1v) is 8.23. The summed E-state index contributed by atoms with van der Waals surface area (Å²) in [6, 6.07) is 9.06. The first-order valence-electron chi connectivity index (χ1n) is 8.23. The number of hydrogen-bond donors (Lipinski definition) is 6. The highest BCUT2D eigenvalue weighted by Crippen LogP contribution is 2.27. The Bertz CT molecular complexity index is 641. The molecule has 0 unspecified atom stereocenters. The van der Waals surface area contributed by atoms with Crippen LogP contribution in [0.3, 0.4) is 0 Å². The van der Waals surface area contributed by atoms with Crippen LogP contribution in [0.5, 0.6) is 23.0 Å². The second kappa shape index (κ2) is 8.60. The van der Waals surface area contributed by atoms with Crippen molar-refractivity contribution in [3.05, 3.63) is 47.5 Å². The van der Waals surface area contributed by atoms with Gasteiger partial charge >= 0.3 is 0 Å². The van der Waals surface area contributed by atoms with Crippen molar-refractivity contribution in [3.8, 4) is 23.0 Å². The largest absolute Gasteiger partial charge is 0.504 e. The molecule has 25 heavy (non-hydrogen) atoms. The Morgan fingerprint density at radius 2 is 1.00 bits per heavy atom. The number of phenolic OH excluding ortho intramolecular Hbond substituents is 4. The van der Waals surface area contributed by atoms with Gasteiger partial charge in [0.2, 0.25) is 0 Å². The summed E-state index contributed by atoms with van der Waals surface area (Å²) >= 11 is 0. The molecule has 0 radical (unpaired) electrons. The number of rotatable bonds is 8. The second-order valence-electron chi connectivity index (χ2n) is 6.27.